The van der Waals surface area contributed by atoms with Gasteiger partial charge in [-0.15, -0.1) is 0 Å². The minimum absolute atomic E-state index is 0.104. The van der Waals surface area contributed by atoms with Gasteiger partial charge in [-0.25, -0.2) is 0 Å². The van der Waals surface area contributed by atoms with E-state index in [1.807, 2.05) is 42.5 Å². The largest absolute Gasteiger partial charge is 0.457 e. The molecule has 0 spiro atoms. The molecule has 4 aromatic carbocycles. The number of para-hydroxylation sites is 2. The van der Waals surface area contributed by atoms with Gasteiger partial charge in [0.2, 0.25) is 11.8 Å². The topological polar surface area (TPSA) is 87.7 Å². The SMILES string of the molecule is O=C(NC1CCN(C(=O)CCCC2(C(=O)NCC(F)(F)F)c3ccccc3-c3ccccc32)C1)c1ccccc1Oc1ccccc1. The molecule has 1 saturated heterocycles. The van der Waals surface area contributed by atoms with Gasteiger partial charge in [-0.2, -0.15) is 13.2 Å². The Morgan fingerprint density at radius 2 is 1.45 bits per heavy atom. The number of carbonyl (C=O) groups is 3. The van der Waals surface area contributed by atoms with Crippen LogP contribution in [0, 0.1) is 0 Å². The Kier molecular flexibility index (Phi) is 9.02. The standard InChI is InChI=1S/C37H34F3N3O4/c38-37(39,40)24-41-35(46)36(30-16-7-4-13-27(30)28-14-5-8-17-31(28)36)21-10-19-33(44)43-22-20-25(23-43)42-34(45)29-15-6-9-18-32(29)47-26-11-2-1-3-12-26/h1-9,11-18,25H,10,19-24H2,(H,41,46)(H,42,45). The fourth-order valence-corrected chi connectivity index (χ4v) is 6.67. The first-order chi connectivity index (χ1) is 22.7. The van der Waals surface area contributed by atoms with E-state index in [1.54, 1.807) is 65.6 Å². The molecule has 0 aromatic heterocycles. The highest BCUT2D eigenvalue weighted by Crippen LogP contribution is 2.51. The summed E-state index contributed by atoms with van der Waals surface area (Å²) >= 11 is 0. The van der Waals surface area contributed by atoms with Crippen molar-refractivity contribution in [1.82, 2.24) is 15.5 Å². The lowest BCUT2D eigenvalue weighted by molar-refractivity contribution is -0.141. The van der Waals surface area contributed by atoms with Crippen molar-refractivity contribution < 1.29 is 32.3 Å². The lowest BCUT2D eigenvalue weighted by atomic mass is 9.73. The van der Waals surface area contributed by atoms with Gasteiger partial charge in [0.25, 0.3) is 5.91 Å². The molecule has 7 nitrogen and oxygen atoms in total. The number of likely N-dealkylation sites (tertiary alicyclic amines) is 1. The first-order valence-corrected chi connectivity index (χ1v) is 15.6. The molecule has 6 rings (SSSR count). The Hall–Kier alpha value is -5.12. The van der Waals surface area contributed by atoms with Crippen LogP contribution in [0.15, 0.2) is 103 Å². The zero-order valence-corrected chi connectivity index (χ0v) is 25.6. The number of rotatable bonds is 10. The highest BCUT2D eigenvalue weighted by molar-refractivity contribution is 6.00. The summed E-state index contributed by atoms with van der Waals surface area (Å²) < 4.78 is 45.4. The summed E-state index contributed by atoms with van der Waals surface area (Å²) in [5.41, 5.74) is 1.88. The average Bonchev–Trinajstić information content (AvgIpc) is 3.65. The van der Waals surface area contributed by atoms with Crippen LogP contribution >= 0.6 is 0 Å². The number of nitrogens with one attached hydrogen (secondary N) is 2. The third kappa shape index (κ3) is 6.72. The van der Waals surface area contributed by atoms with Crippen molar-refractivity contribution in [3.05, 3.63) is 120 Å². The second-order valence-corrected chi connectivity index (χ2v) is 11.9. The second-order valence-electron chi connectivity index (χ2n) is 11.9. The minimum Gasteiger partial charge on any atom is -0.457 e. The Balaban J connectivity index is 1.11. The van der Waals surface area contributed by atoms with E-state index in [1.165, 1.54) is 0 Å². The van der Waals surface area contributed by atoms with Gasteiger partial charge in [0, 0.05) is 25.6 Å². The number of alkyl halides is 3. The van der Waals surface area contributed by atoms with Gasteiger partial charge in [0.15, 0.2) is 0 Å². The molecule has 242 valence electrons. The van der Waals surface area contributed by atoms with Gasteiger partial charge in [-0.05, 0) is 65.8 Å². The molecule has 4 aromatic rings. The van der Waals surface area contributed by atoms with E-state index in [9.17, 15) is 27.6 Å². The van der Waals surface area contributed by atoms with E-state index in [4.69, 9.17) is 4.74 Å². The van der Waals surface area contributed by atoms with Crippen molar-refractivity contribution in [2.24, 2.45) is 0 Å². The van der Waals surface area contributed by atoms with Crippen molar-refractivity contribution in [1.29, 1.82) is 0 Å². The number of fused-ring (bicyclic) bond motifs is 3. The van der Waals surface area contributed by atoms with E-state index in [2.05, 4.69) is 10.6 Å². The number of ether oxygens (including phenoxy) is 1. The Morgan fingerprint density at radius 3 is 2.13 bits per heavy atom. The van der Waals surface area contributed by atoms with Crippen molar-refractivity contribution >= 4 is 17.7 Å². The highest BCUT2D eigenvalue weighted by Gasteiger charge is 2.49. The number of halogens is 3. The van der Waals surface area contributed by atoms with Gasteiger partial charge in [0.1, 0.15) is 23.5 Å². The molecule has 47 heavy (non-hydrogen) atoms. The van der Waals surface area contributed by atoms with Crippen molar-refractivity contribution in [2.75, 3.05) is 19.6 Å². The normalized spacial score (nSPS) is 16.2. The number of hydrogen-bond acceptors (Lipinski definition) is 4. The molecule has 3 amide bonds. The molecule has 2 aliphatic rings. The van der Waals surface area contributed by atoms with Crippen LogP contribution in [0.25, 0.3) is 11.1 Å². The van der Waals surface area contributed by atoms with Crippen LogP contribution in [0.5, 0.6) is 11.5 Å². The molecule has 1 atom stereocenters. The average molecular weight is 642 g/mol. The van der Waals surface area contributed by atoms with Crippen LogP contribution in [0.2, 0.25) is 0 Å². The van der Waals surface area contributed by atoms with Gasteiger partial charge in [0.05, 0.1) is 5.56 Å². The summed E-state index contributed by atoms with van der Waals surface area (Å²) in [6, 6.07) is 30.4. The van der Waals surface area contributed by atoms with E-state index >= 15 is 0 Å². The fraction of sp³-hybridized carbons (Fsp3) is 0.270. The maximum atomic E-state index is 13.7. The number of hydrogen-bond donors (Lipinski definition) is 2. The quantitative estimate of drug-likeness (QED) is 0.204. The first kappa shape index (κ1) is 31.8. The van der Waals surface area contributed by atoms with Crippen molar-refractivity contribution in [3.63, 3.8) is 0 Å². The van der Waals surface area contributed by atoms with E-state index in [0.717, 1.165) is 11.1 Å². The molecular weight excluding hydrogens is 607 g/mol. The summed E-state index contributed by atoms with van der Waals surface area (Å²) in [5, 5.41) is 5.15. The molecule has 2 N–H and O–H groups in total. The third-order valence-electron chi connectivity index (χ3n) is 8.82. The van der Waals surface area contributed by atoms with Gasteiger partial charge >= 0.3 is 6.18 Å². The first-order valence-electron chi connectivity index (χ1n) is 15.6. The maximum absolute atomic E-state index is 13.7. The highest BCUT2D eigenvalue weighted by atomic mass is 19.4. The molecule has 1 aliphatic heterocycles. The van der Waals surface area contributed by atoms with E-state index in [0.29, 0.717) is 47.7 Å². The summed E-state index contributed by atoms with van der Waals surface area (Å²) in [7, 11) is 0. The smallest absolute Gasteiger partial charge is 0.405 e. The van der Waals surface area contributed by atoms with E-state index in [-0.39, 0.29) is 37.1 Å². The molecule has 1 fully saturated rings. The zero-order valence-electron chi connectivity index (χ0n) is 25.6. The monoisotopic (exact) mass is 641 g/mol. The zero-order chi connectivity index (χ0) is 33.0. The molecule has 0 saturated carbocycles. The van der Waals surface area contributed by atoms with Crippen LogP contribution in [0.1, 0.15) is 47.2 Å². The lowest BCUT2D eigenvalue weighted by Gasteiger charge is -2.31. The molecule has 1 aliphatic carbocycles. The fourth-order valence-electron chi connectivity index (χ4n) is 6.67. The van der Waals surface area contributed by atoms with Crippen molar-refractivity contribution in [3.8, 4) is 22.6 Å². The molecule has 0 bridgehead atoms. The number of amides is 3. The predicted octanol–water partition coefficient (Wildman–Crippen LogP) is 6.63. The lowest BCUT2D eigenvalue weighted by Crippen LogP contribution is -2.47. The summed E-state index contributed by atoms with van der Waals surface area (Å²) in [6.45, 7) is -0.662. The Bertz CT molecular complexity index is 1730. The van der Waals surface area contributed by atoms with Crippen LogP contribution in [0.4, 0.5) is 13.2 Å². The molecule has 0 radical (unpaired) electrons. The van der Waals surface area contributed by atoms with Gasteiger partial charge < -0.3 is 20.3 Å². The second kappa shape index (κ2) is 13.3. The van der Waals surface area contributed by atoms with E-state index < -0.39 is 24.0 Å². The summed E-state index contributed by atoms with van der Waals surface area (Å²) in [6.07, 6.45) is -3.46. The van der Waals surface area contributed by atoms with Crippen LogP contribution in [-0.4, -0.2) is 54.5 Å². The summed E-state index contributed by atoms with van der Waals surface area (Å²) in [5.74, 6) is -0.152. The molecular formula is C37H34F3N3O4. The number of nitrogens with zero attached hydrogens (tertiary/aromatic N) is 1. The Labute approximate surface area is 270 Å². The third-order valence-corrected chi connectivity index (χ3v) is 8.82. The molecule has 1 heterocycles. The number of carbonyl (C=O) groups excluding carboxylic acids is 3. The van der Waals surface area contributed by atoms with Crippen LogP contribution in [-0.2, 0) is 15.0 Å². The van der Waals surface area contributed by atoms with Crippen LogP contribution < -0.4 is 15.4 Å². The van der Waals surface area contributed by atoms with Crippen molar-refractivity contribution in [2.45, 2.75) is 43.3 Å². The van der Waals surface area contributed by atoms with Gasteiger partial charge in [-0.3, -0.25) is 14.4 Å². The van der Waals surface area contributed by atoms with Gasteiger partial charge in [-0.1, -0.05) is 78.9 Å². The molecule has 1 unspecified atom stereocenters. The molecule has 10 heteroatoms. The summed E-state index contributed by atoms with van der Waals surface area (Å²) in [4.78, 5) is 42.0. The maximum Gasteiger partial charge on any atom is 0.405 e. The minimum atomic E-state index is -4.57. The Morgan fingerprint density at radius 1 is 0.830 bits per heavy atom. The van der Waals surface area contributed by atoms with Crippen LogP contribution in [0.3, 0.4) is 0 Å². The number of benzene rings is 4. The predicted molar refractivity (Wildman–Crippen MR) is 171 cm³/mol.